The third-order valence-electron chi connectivity index (χ3n) is 3.07. The zero-order chi connectivity index (χ0) is 13.7. The molecule has 0 aromatic heterocycles. The molecule has 0 aromatic rings. The molecule has 2 N–H and O–H groups in total. The molecular formula is C12H21NO5. The molecule has 1 aliphatic rings. The van der Waals surface area contributed by atoms with Gasteiger partial charge in [-0.2, -0.15) is 0 Å². The van der Waals surface area contributed by atoms with Gasteiger partial charge >= 0.3 is 5.97 Å². The molecule has 3 unspecified atom stereocenters. The Bertz CT molecular complexity index is 305. The highest BCUT2D eigenvalue weighted by atomic mass is 16.5. The average molecular weight is 259 g/mol. The van der Waals surface area contributed by atoms with E-state index in [0.29, 0.717) is 19.4 Å². The van der Waals surface area contributed by atoms with E-state index < -0.39 is 18.2 Å². The number of carboxylic acids is 1. The Morgan fingerprint density at radius 3 is 2.44 bits per heavy atom. The van der Waals surface area contributed by atoms with Crippen molar-refractivity contribution in [2.45, 2.75) is 44.9 Å². The van der Waals surface area contributed by atoms with Crippen molar-refractivity contribution in [1.82, 2.24) is 5.32 Å². The van der Waals surface area contributed by atoms with Crippen LogP contribution in [0, 0.1) is 5.92 Å². The summed E-state index contributed by atoms with van der Waals surface area (Å²) in [5, 5.41) is 11.6. The summed E-state index contributed by atoms with van der Waals surface area (Å²) in [6.07, 6.45) is -0.699. The van der Waals surface area contributed by atoms with Gasteiger partial charge in [0.05, 0.1) is 12.6 Å². The fourth-order valence-electron chi connectivity index (χ4n) is 1.87. The van der Waals surface area contributed by atoms with E-state index in [4.69, 9.17) is 14.6 Å². The SMILES string of the molecule is COCC(NC(=O)C1CCC(C(=O)O)O1)C(C)C. The normalized spacial score (nSPS) is 25.1. The lowest BCUT2D eigenvalue weighted by Gasteiger charge is -2.23. The number of carboxylic acid groups (broad SMARTS) is 1. The minimum Gasteiger partial charge on any atom is -0.479 e. The van der Waals surface area contributed by atoms with Gasteiger partial charge in [-0.25, -0.2) is 4.79 Å². The second kappa shape index (κ2) is 6.70. The van der Waals surface area contributed by atoms with E-state index in [-0.39, 0.29) is 17.9 Å². The Hall–Kier alpha value is -1.14. The molecule has 6 nitrogen and oxygen atoms in total. The number of methoxy groups -OCH3 is 1. The summed E-state index contributed by atoms with van der Waals surface area (Å²) < 4.78 is 10.2. The van der Waals surface area contributed by atoms with Gasteiger partial charge in [-0.15, -0.1) is 0 Å². The number of nitrogens with one attached hydrogen (secondary N) is 1. The quantitative estimate of drug-likeness (QED) is 0.721. The first-order chi connectivity index (χ1) is 8.45. The molecule has 1 aliphatic heterocycles. The molecule has 104 valence electrons. The zero-order valence-corrected chi connectivity index (χ0v) is 11.0. The van der Waals surface area contributed by atoms with E-state index in [2.05, 4.69) is 5.32 Å². The summed E-state index contributed by atoms with van der Waals surface area (Å²) in [5.41, 5.74) is 0. The first kappa shape index (κ1) is 14.9. The van der Waals surface area contributed by atoms with E-state index in [9.17, 15) is 9.59 Å². The van der Waals surface area contributed by atoms with E-state index >= 15 is 0 Å². The van der Waals surface area contributed by atoms with Gasteiger partial charge in [-0.3, -0.25) is 4.79 Å². The summed E-state index contributed by atoms with van der Waals surface area (Å²) in [5.74, 6) is -1.03. The molecule has 0 spiro atoms. The highest BCUT2D eigenvalue weighted by molar-refractivity contribution is 5.82. The van der Waals surface area contributed by atoms with Crippen LogP contribution in [0.2, 0.25) is 0 Å². The molecule has 0 bridgehead atoms. The number of carbonyl (C=O) groups is 2. The van der Waals surface area contributed by atoms with Crippen molar-refractivity contribution >= 4 is 11.9 Å². The maximum absolute atomic E-state index is 11.9. The molecule has 1 rings (SSSR count). The summed E-state index contributed by atoms with van der Waals surface area (Å²) in [7, 11) is 1.58. The third-order valence-corrected chi connectivity index (χ3v) is 3.07. The third kappa shape index (κ3) is 3.96. The molecule has 1 saturated heterocycles. The molecule has 1 heterocycles. The molecule has 0 aliphatic carbocycles. The van der Waals surface area contributed by atoms with Gasteiger partial charge in [0.15, 0.2) is 6.10 Å². The number of hydrogen-bond donors (Lipinski definition) is 2. The van der Waals surface area contributed by atoms with Crippen LogP contribution in [-0.2, 0) is 19.1 Å². The standard InChI is InChI=1S/C12H21NO5/c1-7(2)8(6-17-3)13-11(14)9-4-5-10(18-9)12(15)16/h7-10H,4-6H2,1-3H3,(H,13,14)(H,15,16). The Morgan fingerprint density at radius 1 is 1.39 bits per heavy atom. The molecule has 6 heteroatoms. The van der Waals surface area contributed by atoms with Crippen molar-refractivity contribution in [3.63, 3.8) is 0 Å². The lowest BCUT2D eigenvalue weighted by molar-refractivity contribution is -0.152. The predicted octanol–water partition coefficient (Wildman–Crippen LogP) is 0.406. The Kier molecular flexibility index (Phi) is 5.55. The van der Waals surface area contributed by atoms with Crippen molar-refractivity contribution in [1.29, 1.82) is 0 Å². The van der Waals surface area contributed by atoms with Gasteiger partial charge in [-0.1, -0.05) is 13.8 Å². The predicted molar refractivity (Wildman–Crippen MR) is 64.2 cm³/mol. The van der Waals surface area contributed by atoms with Crippen molar-refractivity contribution in [3.05, 3.63) is 0 Å². The van der Waals surface area contributed by atoms with Crippen molar-refractivity contribution < 1.29 is 24.2 Å². The molecule has 1 amide bonds. The molecule has 0 radical (unpaired) electrons. The maximum Gasteiger partial charge on any atom is 0.332 e. The smallest absolute Gasteiger partial charge is 0.332 e. The number of hydrogen-bond acceptors (Lipinski definition) is 4. The van der Waals surface area contributed by atoms with E-state index in [1.807, 2.05) is 13.8 Å². The number of amides is 1. The molecule has 1 fully saturated rings. The monoisotopic (exact) mass is 259 g/mol. The second-order valence-electron chi connectivity index (χ2n) is 4.84. The Morgan fingerprint density at radius 2 is 2.00 bits per heavy atom. The number of aliphatic carboxylic acids is 1. The maximum atomic E-state index is 11.9. The number of ether oxygens (including phenoxy) is 2. The topological polar surface area (TPSA) is 84.9 Å². The van der Waals surface area contributed by atoms with Crippen LogP contribution in [0.4, 0.5) is 0 Å². The summed E-state index contributed by atoms with van der Waals surface area (Å²) in [6.45, 7) is 4.40. The first-order valence-electron chi connectivity index (χ1n) is 6.13. The number of carbonyl (C=O) groups excluding carboxylic acids is 1. The fraction of sp³-hybridized carbons (Fsp3) is 0.833. The van der Waals surface area contributed by atoms with Gasteiger partial charge in [0.1, 0.15) is 6.10 Å². The van der Waals surface area contributed by atoms with Crippen LogP contribution >= 0.6 is 0 Å². The van der Waals surface area contributed by atoms with E-state index in [1.165, 1.54) is 0 Å². The minimum atomic E-state index is -1.01. The van der Waals surface area contributed by atoms with Crippen LogP contribution in [-0.4, -0.2) is 48.9 Å². The zero-order valence-electron chi connectivity index (χ0n) is 11.0. The molecule has 18 heavy (non-hydrogen) atoms. The van der Waals surface area contributed by atoms with Crippen LogP contribution in [0.25, 0.3) is 0 Å². The van der Waals surface area contributed by atoms with Gasteiger partial charge < -0.3 is 19.9 Å². The number of rotatable bonds is 6. The molecule has 0 aromatic carbocycles. The average Bonchev–Trinajstić information content (AvgIpc) is 2.77. The molecular weight excluding hydrogens is 238 g/mol. The summed E-state index contributed by atoms with van der Waals surface area (Å²) >= 11 is 0. The lowest BCUT2D eigenvalue weighted by Crippen LogP contribution is -2.46. The van der Waals surface area contributed by atoms with Gasteiger partial charge in [-0.05, 0) is 18.8 Å². The molecule has 0 saturated carbocycles. The van der Waals surface area contributed by atoms with Gasteiger partial charge in [0, 0.05) is 7.11 Å². The Labute approximate surface area is 107 Å². The lowest BCUT2D eigenvalue weighted by atomic mass is 10.0. The largest absolute Gasteiger partial charge is 0.479 e. The Balaban J connectivity index is 2.47. The minimum absolute atomic E-state index is 0.0880. The van der Waals surface area contributed by atoms with Gasteiger partial charge in [0.2, 0.25) is 5.91 Å². The van der Waals surface area contributed by atoms with Crippen LogP contribution in [0.15, 0.2) is 0 Å². The van der Waals surface area contributed by atoms with Crippen LogP contribution in [0.1, 0.15) is 26.7 Å². The van der Waals surface area contributed by atoms with E-state index in [0.717, 1.165) is 0 Å². The van der Waals surface area contributed by atoms with Crippen LogP contribution < -0.4 is 5.32 Å². The van der Waals surface area contributed by atoms with Crippen molar-refractivity contribution in [2.75, 3.05) is 13.7 Å². The van der Waals surface area contributed by atoms with Gasteiger partial charge in [0.25, 0.3) is 0 Å². The van der Waals surface area contributed by atoms with Crippen molar-refractivity contribution in [2.24, 2.45) is 5.92 Å². The van der Waals surface area contributed by atoms with Crippen molar-refractivity contribution in [3.8, 4) is 0 Å². The van der Waals surface area contributed by atoms with Crippen LogP contribution in [0.5, 0.6) is 0 Å². The first-order valence-corrected chi connectivity index (χ1v) is 6.13. The van der Waals surface area contributed by atoms with Crippen LogP contribution in [0.3, 0.4) is 0 Å². The fourth-order valence-corrected chi connectivity index (χ4v) is 1.87. The van der Waals surface area contributed by atoms with E-state index in [1.54, 1.807) is 7.11 Å². The summed E-state index contributed by atoms with van der Waals surface area (Å²) in [6, 6.07) is -0.0880. The highest BCUT2D eigenvalue weighted by Gasteiger charge is 2.35. The highest BCUT2D eigenvalue weighted by Crippen LogP contribution is 2.20. The molecule has 3 atom stereocenters. The second-order valence-corrected chi connectivity index (χ2v) is 4.84. The summed E-state index contributed by atoms with van der Waals surface area (Å²) in [4.78, 5) is 22.6.